The van der Waals surface area contributed by atoms with Crippen LogP contribution in [0.5, 0.6) is 0 Å². The van der Waals surface area contributed by atoms with Crippen molar-refractivity contribution in [2.45, 2.75) is 32.2 Å². The minimum absolute atomic E-state index is 0.0952. The third-order valence-corrected chi connectivity index (χ3v) is 6.53. The Kier molecular flexibility index (Phi) is 4.56. The van der Waals surface area contributed by atoms with E-state index in [9.17, 15) is 14.7 Å². The predicted octanol–water partition coefficient (Wildman–Crippen LogP) is 1.76. The quantitative estimate of drug-likeness (QED) is 0.846. The normalized spacial score (nSPS) is 26.2. The van der Waals surface area contributed by atoms with Gasteiger partial charge in [0.2, 0.25) is 5.56 Å². The average Bonchev–Trinajstić information content (AvgIpc) is 2.67. The van der Waals surface area contributed by atoms with Crippen molar-refractivity contribution in [2.75, 3.05) is 33.3 Å². The summed E-state index contributed by atoms with van der Waals surface area (Å²) in [4.78, 5) is 32.4. The molecule has 1 aromatic carbocycles. The molecule has 0 spiro atoms. The van der Waals surface area contributed by atoms with Gasteiger partial charge < -0.3 is 19.9 Å². The van der Waals surface area contributed by atoms with Crippen LogP contribution in [-0.4, -0.2) is 65.1 Å². The van der Waals surface area contributed by atoms with E-state index in [2.05, 4.69) is 16.9 Å². The van der Waals surface area contributed by atoms with E-state index in [0.717, 1.165) is 36.8 Å². The number of piperidine rings is 2. The Balaban J connectivity index is 1.69. The fourth-order valence-electron chi connectivity index (χ4n) is 4.92. The predicted molar refractivity (Wildman–Crippen MR) is 105 cm³/mol. The molecule has 6 nitrogen and oxygen atoms in total. The van der Waals surface area contributed by atoms with Crippen molar-refractivity contribution < 1.29 is 9.90 Å². The largest absolute Gasteiger partial charge is 0.396 e. The lowest BCUT2D eigenvalue weighted by Crippen LogP contribution is -2.62. The van der Waals surface area contributed by atoms with Gasteiger partial charge in [0.05, 0.1) is 12.2 Å². The van der Waals surface area contributed by atoms with Gasteiger partial charge in [-0.25, -0.2) is 0 Å². The van der Waals surface area contributed by atoms with Gasteiger partial charge >= 0.3 is 0 Å². The van der Waals surface area contributed by atoms with E-state index in [1.807, 2.05) is 30.0 Å². The van der Waals surface area contributed by atoms with Gasteiger partial charge in [0.1, 0.15) is 0 Å². The molecule has 1 amide bonds. The first-order valence-corrected chi connectivity index (χ1v) is 9.68. The number of aromatic amines is 1. The number of aromatic nitrogens is 1. The summed E-state index contributed by atoms with van der Waals surface area (Å²) in [6.45, 7) is 4.34. The van der Waals surface area contributed by atoms with Crippen LogP contribution in [0.25, 0.3) is 10.9 Å². The number of nitrogens with zero attached hydrogens (tertiary/aromatic N) is 2. The molecule has 2 aliphatic heterocycles. The Hall–Kier alpha value is -2.18. The van der Waals surface area contributed by atoms with E-state index in [0.29, 0.717) is 24.2 Å². The van der Waals surface area contributed by atoms with Gasteiger partial charge in [-0.3, -0.25) is 9.59 Å². The number of likely N-dealkylation sites (N-methyl/N-ethyl adjacent to an activating group) is 1. The molecule has 1 aromatic heterocycles. The maximum atomic E-state index is 13.3. The Bertz CT molecular complexity index is 938. The lowest BCUT2D eigenvalue weighted by Gasteiger charge is -2.53. The van der Waals surface area contributed by atoms with Crippen molar-refractivity contribution in [3.63, 3.8) is 0 Å². The number of carbonyl (C=O) groups is 1. The molecule has 2 atom stereocenters. The molecule has 2 N–H and O–H groups in total. The molecule has 0 radical (unpaired) electrons. The molecule has 27 heavy (non-hydrogen) atoms. The number of pyridine rings is 1. The molecule has 4 rings (SSSR count). The number of amides is 1. The number of likely N-dealkylation sites (tertiary alicyclic amines) is 2. The Labute approximate surface area is 158 Å². The number of aliphatic hydroxyl groups excluding tert-OH is 1. The van der Waals surface area contributed by atoms with Gasteiger partial charge in [0, 0.05) is 41.5 Å². The summed E-state index contributed by atoms with van der Waals surface area (Å²) in [5.41, 5.74) is 1.83. The molecule has 2 aliphatic rings. The van der Waals surface area contributed by atoms with Gasteiger partial charge in [0.25, 0.3) is 5.91 Å². The van der Waals surface area contributed by atoms with E-state index in [1.165, 1.54) is 6.07 Å². The molecule has 0 unspecified atom stereocenters. The molecular weight excluding hydrogens is 342 g/mol. The van der Waals surface area contributed by atoms with Crippen molar-refractivity contribution in [3.8, 4) is 0 Å². The second-order valence-electron chi connectivity index (χ2n) is 8.22. The number of fused-ring (bicyclic) bond motifs is 2. The van der Waals surface area contributed by atoms with E-state index >= 15 is 0 Å². The first kappa shape index (κ1) is 18.2. The highest BCUT2D eigenvalue weighted by molar-refractivity contribution is 6.06. The van der Waals surface area contributed by atoms with Crippen molar-refractivity contribution in [1.82, 2.24) is 14.8 Å². The van der Waals surface area contributed by atoms with E-state index < -0.39 is 0 Å². The van der Waals surface area contributed by atoms with Crippen molar-refractivity contribution in [3.05, 3.63) is 45.7 Å². The van der Waals surface area contributed by atoms with Gasteiger partial charge in [-0.1, -0.05) is 11.6 Å². The summed E-state index contributed by atoms with van der Waals surface area (Å²) in [5.74, 6) is -0.0952. The number of aliphatic hydroxyl groups is 1. The molecule has 0 bridgehead atoms. The highest BCUT2D eigenvalue weighted by atomic mass is 16.3. The van der Waals surface area contributed by atoms with Crippen LogP contribution in [0.2, 0.25) is 0 Å². The summed E-state index contributed by atoms with van der Waals surface area (Å²) in [5, 5.41) is 10.9. The minimum atomic E-state index is -0.258. The first-order valence-electron chi connectivity index (χ1n) is 9.68. The Morgan fingerprint density at radius 2 is 2.11 bits per heavy atom. The number of carbonyl (C=O) groups excluding carboxylic acids is 1. The first-order chi connectivity index (χ1) is 12.9. The molecule has 2 aromatic rings. The number of hydrogen-bond acceptors (Lipinski definition) is 4. The third-order valence-electron chi connectivity index (χ3n) is 6.53. The highest BCUT2D eigenvalue weighted by Crippen LogP contribution is 2.41. The number of H-pyrrole nitrogens is 1. The van der Waals surface area contributed by atoms with Crippen LogP contribution in [0.4, 0.5) is 0 Å². The molecule has 0 aliphatic carbocycles. The van der Waals surface area contributed by atoms with Gasteiger partial charge in [0.15, 0.2) is 0 Å². The Morgan fingerprint density at radius 3 is 2.89 bits per heavy atom. The molecule has 3 heterocycles. The smallest absolute Gasteiger partial charge is 0.254 e. The summed E-state index contributed by atoms with van der Waals surface area (Å²) >= 11 is 0. The number of rotatable bonds is 2. The number of hydrogen-bond donors (Lipinski definition) is 2. The fraction of sp³-hybridized carbons (Fsp3) is 0.524. The second-order valence-corrected chi connectivity index (χ2v) is 8.22. The minimum Gasteiger partial charge on any atom is -0.396 e. The summed E-state index contributed by atoms with van der Waals surface area (Å²) in [6.07, 6.45) is 2.89. The van der Waals surface area contributed by atoms with Crippen LogP contribution in [0.3, 0.4) is 0 Å². The van der Waals surface area contributed by atoms with Crippen LogP contribution in [0, 0.1) is 12.3 Å². The average molecular weight is 369 g/mol. The van der Waals surface area contributed by atoms with Crippen molar-refractivity contribution >= 4 is 16.8 Å². The van der Waals surface area contributed by atoms with Crippen molar-refractivity contribution in [1.29, 1.82) is 0 Å². The molecule has 6 heteroatoms. The summed E-state index contributed by atoms with van der Waals surface area (Å²) in [6, 6.07) is 7.31. The number of aryl methyl sites for hydroxylation is 1. The lowest BCUT2D eigenvalue weighted by atomic mass is 9.69. The maximum absolute atomic E-state index is 13.3. The van der Waals surface area contributed by atoms with Crippen LogP contribution in [0.1, 0.15) is 35.2 Å². The standard InChI is InChI=1S/C21H27N3O3/c1-14-4-5-17-15(10-14)16(11-19(26)22-17)20(27)24-9-7-21(13-25)6-3-8-23(2)18(21)12-24/h4-5,10-11,18,25H,3,6-9,12-13H2,1-2H3,(H,22,26)/t18-,21-/m1/s1. The highest BCUT2D eigenvalue weighted by Gasteiger charge is 2.47. The number of benzene rings is 1. The van der Waals surface area contributed by atoms with E-state index in [1.54, 1.807) is 0 Å². The lowest BCUT2D eigenvalue weighted by molar-refractivity contribution is -0.0601. The van der Waals surface area contributed by atoms with Gasteiger partial charge in [-0.2, -0.15) is 0 Å². The zero-order valence-electron chi connectivity index (χ0n) is 16.0. The van der Waals surface area contributed by atoms with Crippen LogP contribution >= 0.6 is 0 Å². The monoisotopic (exact) mass is 369 g/mol. The zero-order valence-corrected chi connectivity index (χ0v) is 16.0. The summed E-state index contributed by atoms with van der Waals surface area (Å²) in [7, 11) is 2.08. The number of nitrogens with one attached hydrogen (secondary N) is 1. The topological polar surface area (TPSA) is 76.6 Å². The van der Waals surface area contributed by atoms with Crippen molar-refractivity contribution in [2.24, 2.45) is 5.41 Å². The molecule has 2 saturated heterocycles. The molecule has 2 fully saturated rings. The maximum Gasteiger partial charge on any atom is 0.254 e. The SMILES string of the molecule is Cc1ccc2[nH]c(=O)cc(C(=O)N3CC[C@@]4(CO)CCCN(C)[C@@H]4C3)c2c1. The van der Waals surface area contributed by atoms with Gasteiger partial charge in [-0.15, -0.1) is 0 Å². The van der Waals surface area contributed by atoms with Crippen LogP contribution in [-0.2, 0) is 0 Å². The molecule has 0 saturated carbocycles. The molecule has 144 valence electrons. The Morgan fingerprint density at radius 1 is 1.30 bits per heavy atom. The second kappa shape index (κ2) is 6.77. The van der Waals surface area contributed by atoms with Crippen LogP contribution in [0.15, 0.2) is 29.1 Å². The van der Waals surface area contributed by atoms with E-state index in [4.69, 9.17) is 0 Å². The molecular formula is C21H27N3O3. The van der Waals surface area contributed by atoms with E-state index in [-0.39, 0.29) is 29.5 Å². The van der Waals surface area contributed by atoms with Gasteiger partial charge in [-0.05, 0) is 51.9 Å². The summed E-state index contributed by atoms with van der Waals surface area (Å²) < 4.78 is 0. The fourth-order valence-corrected chi connectivity index (χ4v) is 4.92. The zero-order chi connectivity index (χ0) is 19.2. The third kappa shape index (κ3) is 3.07. The van der Waals surface area contributed by atoms with Crippen LogP contribution < -0.4 is 5.56 Å².